The van der Waals surface area contributed by atoms with Gasteiger partial charge in [-0.05, 0) is 20.8 Å². The standard InChI is InChI=1S/C17H25N5O3/c1-12-14(20-16(25-12)13-9-19-21(4)10-13)15(23)18-5-6-22-7-8-24-17(2,3)11-22/h9-10H,5-8,11H2,1-4H3,(H,18,23). The van der Waals surface area contributed by atoms with Gasteiger partial charge in [0.2, 0.25) is 5.89 Å². The molecule has 3 heterocycles. The van der Waals surface area contributed by atoms with Crippen LogP contribution in [-0.4, -0.2) is 64.0 Å². The molecule has 25 heavy (non-hydrogen) atoms. The van der Waals surface area contributed by atoms with E-state index in [4.69, 9.17) is 9.15 Å². The summed E-state index contributed by atoms with van der Waals surface area (Å²) in [6.45, 7) is 9.70. The maximum Gasteiger partial charge on any atom is 0.273 e. The minimum Gasteiger partial charge on any atom is -0.440 e. The third-order valence-corrected chi connectivity index (χ3v) is 4.18. The van der Waals surface area contributed by atoms with Crippen LogP contribution in [0, 0.1) is 6.92 Å². The van der Waals surface area contributed by atoms with Gasteiger partial charge in [0.1, 0.15) is 5.76 Å². The topological polar surface area (TPSA) is 85.4 Å². The average Bonchev–Trinajstić information content (AvgIpc) is 3.12. The molecule has 1 aliphatic heterocycles. The van der Waals surface area contributed by atoms with Crippen LogP contribution in [0.2, 0.25) is 0 Å². The van der Waals surface area contributed by atoms with Crippen molar-refractivity contribution in [2.24, 2.45) is 7.05 Å². The molecule has 0 aromatic carbocycles. The fraction of sp³-hybridized carbons (Fsp3) is 0.588. The summed E-state index contributed by atoms with van der Waals surface area (Å²) < 4.78 is 13.0. The van der Waals surface area contributed by atoms with Crippen LogP contribution in [0.3, 0.4) is 0 Å². The Bertz CT molecular complexity index is 749. The molecule has 2 aromatic heterocycles. The highest BCUT2D eigenvalue weighted by molar-refractivity contribution is 5.93. The van der Waals surface area contributed by atoms with Gasteiger partial charge in [-0.25, -0.2) is 4.98 Å². The Morgan fingerprint density at radius 1 is 1.44 bits per heavy atom. The molecule has 0 radical (unpaired) electrons. The number of morpholine rings is 1. The van der Waals surface area contributed by atoms with Crippen LogP contribution in [0.5, 0.6) is 0 Å². The molecule has 1 N–H and O–H groups in total. The van der Waals surface area contributed by atoms with E-state index in [2.05, 4.69) is 34.1 Å². The molecule has 1 fully saturated rings. The Labute approximate surface area is 147 Å². The van der Waals surface area contributed by atoms with Crippen LogP contribution in [-0.2, 0) is 11.8 Å². The number of oxazole rings is 1. The summed E-state index contributed by atoms with van der Waals surface area (Å²) in [6.07, 6.45) is 3.46. The van der Waals surface area contributed by atoms with Gasteiger partial charge >= 0.3 is 0 Å². The summed E-state index contributed by atoms with van der Waals surface area (Å²) in [5.74, 6) is 0.693. The number of carbonyl (C=O) groups is 1. The molecule has 0 saturated carbocycles. The van der Waals surface area contributed by atoms with Crippen molar-refractivity contribution in [1.29, 1.82) is 0 Å². The van der Waals surface area contributed by atoms with Gasteiger partial charge in [-0.2, -0.15) is 5.10 Å². The molecule has 1 aliphatic rings. The van der Waals surface area contributed by atoms with Gasteiger partial charge in [0, 0.05) is 39.4 Å². The lowest BCUT2D eigenvalue weighted by molar-refractivity contribution is -0.0853. The van der Waals surface area contributed by atoms with Crippen molar-refractivity contribution in [1.82, 2.24) is 25.0 Å². The molecular formula is C17H25N5O3. The first-order chi connectivity index (χ1) is 11.8. The molecule has 1 saturated heterocycles. The van der Waals surface area contributed by atoms with E-state index in [0.29, 0.717) is 23.9 Å². The van der Waals surface area contributed by atoms with E-state index in [-0.39, 0.29) is 11.5 Å². The molecule has 0 bridgehead atoms. The first-order valence-corrected chi connectivity index (χ1v) is 8.45. The molecule has 136 valence electrons. The zero-order valence-corrected chi connectivity index (χ0v) is 15.2. The second-order valence-electron chi connectivity index (χ2n) is 6.97. The van der Waals surface area contributed by atoms with Crippen LogP contribution in [0.1, 0.15) is 30.1 Å². The number of hydrogen-bond donors (Lipinski definition) is 1. The first-order valence-electron chi connectivity index (χ1n) is 8.45. The molecule has 0 atom stereocenters. The number of ether oxygens (including phenoxy) is 1. The fourth-order valence-corrected chi connectivity index (χ4v) is 2.98. The van der Waals surface area contributed by atoms with E-state index in [0.717, 1.165) is 31.8 Å². The van der Waals surface area contributed by atoms with E-state index >= 15 is 0 Å². The van der Waals surface area contributed by atoms with Crippen LogP contribution in [0.4, 0.5) is 0 Å². The minimum atomic E-state index is -0.219. The van der Waals surface area contributed by atoms with Gasteiger partial charge < -0.3 is 14.5 Å². The zero-order valence-electron chi connectivity index (χ0n) is 15.2. The number of nitrogens with one attached hydrogen (secondary N) is 1. The number of amides is 1. The monoisotopic (exact) mass is 347 g/mol. The van der Waals surface area contributed by atoms with Crippen molar-refractivity contribution in [2.75, 3.05) is 32.8 Å². The Hall–Kier alpha value is -2.19. The number of aromatic nitrogens is 3. The molecule has 8 nitrogen and oxygen atoms in total. The molecule has 0 aliphatic carbocycles. The van der Waals surface area contributed by atoms with E-state index in [1.165, 1.54) is 0 Å². The van der Waals surface area contributed by atoms with E-state index in [1.807, 2.05) is 7.05 Å². The average molecular weight is 347 g/mol. The number of aryl methyl sites for hydroxylation is 2. The smallest absolute Gasteiger partial charge is 0.273 e. The molecule has 8 heteroatoms. The van der Waals surface area contributed by atoms with Crippen LogP contribution in [0.15, 0.2) is 16.8 Å². The normalized spacial score (nSPS) is 17.6. The van der Waals surface area contributed by atoms with Gasteiger partial charge in [-0.3, -0.25) is 14.4 Å². The van der Waals surface area contributed by atoms with Crippen molar-refractivity contribution >= 4 is 5.91 Å². The molecule has 0 spiro atoms. The summed E-state index contributed by atoms with van der Waals surface area (Å²) in [7, 11) is 1.82. The maximum atomic E-state index is 12.4. The molecule has 1 amide bonds. The third-order valence-electron chi connectivity index (χ3n) is 4.18. The Kier molecular flexibility index (Phi) is 4.91. The molecule has 3 rings (SSSR count). The summed E-state index contributed by atoms with van der Waals surface area (Å²) in [6, 6.07) is 0. The lowest BCUT2D eigenvalue weighted by Gasteiger charge is -2.38. The number of nitrogens with zero attached hydrogens (tertiary/aromatic N) is 4. The maximum absolute atomic E-state index is 12.4. The predicted molar refractivity (Wildman–Crippen MR) is 92.2 cm³/mol. The Morgan fingerprint density at radius 3 is 2.92 bits per heavy atom. The number of carbonyl (C=O) groups excluding carboxylic acids is 1. The first kappa shape index (κ1) is 17.6. The van der Waals surface area contributed by atoms with E-state index < -0.39 is 0 Å². The predicted octanol–water partition coefficient (Wildman–Crippen LogP) is 1.22. The lowest BCUT2D eigenvalue weighted by Crippen LogP contribution is -2.50. The highest BCUT2D eigenvalue weighted by atomic mass is 16.5. The van der Waals surface area contributed by atoms with Crippen LogP contribution < -0.4 is 5.32 Å². The van der Waals surface area contributed by atoms with Crippen LogP contribution >= 0.6 is 0 Å². The Morgan fingerprint density at radius 2 is 2.24 bits per heavy atom. The fourth-order valence-electron chi connectivity index (χ4n) is 2.98. The van der Waals surface area contributed by atoms with E-state index in [1.54, 1.807) is 24.0 Å². The molecule has 0 unspecified atom stereocenters. The minimum absolute atomic E-state index is 0.135. The van der Waals surface area contributed by atoms with Gasteiger partial charge in [0.25, 0.3) is 5.91 Å². The summed E-state index contributed by atoms with van der Waals surface area (Å²) in [5, 5.41) is 7.01. The van der Waals surface area contributed by atoms with Gasteiger partial charge in [-0.15, -0.1) is 0 Å². The van der Waals surface area contributed by atoms with Crippen molar-refractivity contribution in [3.63, 3.8) is 0 Å². The van der Waals surface area contributed by atoms with Gasteiger partial charge in [0.15, 0.2) is 5.69 Å². The van der Waals surface area contributed by atoms with E-state index in [9.17, 15) is 4.79 Å². The van der Waals surface area contributed by atoms with Crippen LogP contribution in [0.25, 0.3) is 11.5 Å². The highest BCUT2D eigenvalue weighted by Crippen LogP contribution is 2.21. The van der Waals surface area contributed by atoms with Crippen molar-refractivity contribution < 1.29 is 13.9 Å². The molecule has 2 aromatic rings. The second-order valence-corrected chi connectivity index (χ2v) is 6.97. The summed E-state index contributed by atoms with van der Waals surface area (Å²) >= 11 is 0. The summed E-state index contributed by atoms with van der Waals surface area (Å²) in [4.78, 5) is 19.0. The van der Waals surface area contributed by atoms with Crippen molar-refractivity contribution in [3.8, 4) is 11.5 Å². The van der Waals surface area contributed by atoms with Gasteiger partial charge in [0.05, 0.1) is 24.0 Å². The Balaban J connectivity index is 1.56. The summed E-state index contributed by atoms with van der Waals surface area (Å²) in [5.41, 5.74) is 0.935. The third kappa shape index (κ3) is 4.26. The SMILES string of the molecule is Cc1oc(-c2cnn(C)c2)nc1C(=O)NCCN1CCOC(C)(C)C1. The quantitative estimate of drug-likeness (QED) is 0.875. The lowest BCUT2D eigenvalue weighted by atomic mass is 10.1. The zero-order chi connectivity index (χ0) is 18.0. The second kappa shape index (κ2) is 6.97. The van der Waals surface area contributed by atoms with Crippen molar-refractivity contribution in [2.45, 2.75) is 26.4 Å². The van der Waals surface area contributed by atoms with Crippen molar-refractivity contribution in [3.05, 3.63) is 23.8 Å². The largest absolute Gasteiger partial charge is 0.440 e. The highest BCUT2D eigenvalue weighted by Gasteiger charge is 2.27. The number of rotatable bonds is 5. The van der Waals surface area contributed by atoms with Gasteiger partial charge in [-0.1, -0.05) is 0 Å². The molecular weight excluding hydrogens is 322 g/mol. The number of hydrogen-bond acceptors (Lipinski definition) is 6.